The average Bonchev–Trinajstić information content (AvgIpc) is 2.97. The lowest BCUT2D eigenvalue weighted by molar-refractivity contribution is 0.175. The minimum Gasteiger partial charge on any atom is -0.495 e. The summed E-state index contributed by atoms with van der Waals surface area (Å²) >= 11 is 0. The van der Waals surface area contributed by atoms with Gasteiger partial charge in [-0.1, -0.05) is 18.6 Å². The van der Waals surface area contributed by atoms with Gasteiger partial charge >= 0.3 is 6.03 Å². The third kappa shape index (κ3) is 3.47. The van der Waals surface area contributed by atoms with Gasteiger partial charge in [0.15, 0.2) is 0 Å². The molecule has 0 spiro atoms. The smallest absolute Gasteiger partial charge is 0.322 e. The summed E-state index contributed by atoms with van der Waals surface area (Å²) in [6, 6.07) is 7.62. The van der Waals surface area contributed by atoms with Crippen LogP contribution in [0.15, 0.2) is 24.3 Å². The number of rotatable bonds is 5. The first-order valence-electron chi connectivity index (χ1n) is 7.62. The Morgan fingerprint density at radius 1 is 1.43 bits per heavy atom. The van der Waals surface area contributed by atoms with E-state index >= 15 is 0 Å². The monoisotopic (exact) mass is 291 g/mol. The molecule has 1 aromatic rings. The van der Waals surface area contributed by atoms with E-state index in [2.05, 4.69) is 5.32 Å². The van der Waals surface area contributed by atoms with Gasteiger partial charge in [-0.2, -0.15) is 0 Å². The molecule has 2 unspecified atom stereocenters. The van der Waals surface area contributed by atoms with Crippen LogP contribution in [0.25, 0.3) is 0 Å². The molecule has 0 heterocycles. The van der Waals surface area contributed by atoms with Gasteiger partial charge in [-0.15, -0.1) is 0 Å². The van der Waals surface area contributed by atoms with Gasteiger partial charge in [0.05, 0.1) is 12.8 Å². The second-order valence-corrected chi connectivity index (χ2v) is 5.41. The second kappa shape index (κ2) is 7.31. The average molecular weight is 291 g/mol. The standard InChI is InChI=1S/C16H25N3O2/c1-3-19(14-9-6-7-12(14)11-17)16(20)18-13-8-4-5-10-15(13)21-2/h4-5,8,10,12,14H,3,6-7,9,11,17H2,1-2H3,(H,18,20). The van der Waals surface area contributed by atoms with E-state index in [0.717, 1.165) is 19.3 Å². The van der Waals surface area contributed by atoms with Crippen LogP contribution in [-0.4, -0.2) is 37.2 Å². The first-order chi connectivity index (χ1) is 10.2. The highest BCUT2D eigenvalue weighted by Gasteiger charge is 2.33. The molecule has 5 heteroatoms. The number of carbonyl (C=O) groups excluding carboxylic acids is 1. The van der Waals surface area contributed by atoms with Crippen LogP contribution in [0.1, 0.15) is 26.2 Å². The Hall–Kier alpha value is -1.75. The summed E-state index contributed by atoms with van der Waals surface area (Å²) in [6.45, 7) is 3.33. The summed E-state index contributed by atoms with van der Waals surface area (Å²) in [5.41, 5.74) is 6.54. The van der Waals surface area contributed by atoms with Crippen molar-refractivity contribution in [2.75, 3.05) is 25.5 Å². The molecule has 21 heavy (non-hydrogen) atoms. The fourth-order valence-corrected chi connectivity index (χ4v) is 3.17. The molecule has 1 saturated carbocycles. The Morgan fingerprint density at radius 3 is 2.86 bits per heavy atom. The van der Waals surface area contributed by atoms with Gasteiger partial charge in [0, 0.05) is 12.6 Å². The number of benzene rings is 1. The molecule has 0 aliphatic heterocycles. The number of hydrogen-bond acceptors (Lipinski definition) is 3. The van der Waals surface area contributed by atoms with Crippen molar-refractivity contribution in [2.45, 2.75) is 32.2 Å². The molecule has 1 aromatic carbocycles. The van der Waals surface area contributed by atoms with Crippen LogP contribution >= 0.6 is 0 Å². The lowest BCUT2D eigenvalue weighted by Crippen LogP contribution is -2.46. The van der Waals surface area contributed by atoms with Crippen LogP contribution in [-0.2, 0) is 0 Å². The van der Waals surface area contributed by atoms with Crippen LogP contribution in [0.5, 0.6) is 5.75 Å². The van der Waals surface area contributed by atoms with Crippen molar-refractivity contribution >= 4 is 11.7 Å². The number of amides is 2. The number of carbonyl (C=O) groups is 1. The molecule has 2 rings (SSSR count). The van der Waals surface area contributed by atoms with Crippen molar-refractivity contribution in [3.8, 4) is 5.75 Å². The number of ether oxygens (including phenoxy) is 1. The quantitative estimate of drug-likeness (QED) is 0.876. The number of nitrogens with zero attached hydrogens (tertiary/aromatic N) is 1. The van der Waals surface area contributed by atoms with E-state index < -0.39 is 0 Å². The third-order valence-electron chi connectivity index (χ3n) is 4.27. The van der Waals surface area contributed by atoms with E-state index in [1.54, 1.807) is 7.11 Å². The van der Waals surface area contributed by atoms with Gasteiger partial charge in [0.25, 0.3) is 0 Å². The fourth-order valence-electron chi connectivity index (χ4n) is 3.17. The van der Waals surface area contributed by atoms with Gasteiger partial charge in [-0.25, -0.2) is 4.79 Å². The number of hydrogen-bond donors (Lipinski definition) is 2. The maximum absolute atomic E-state index is 12.6. The lowest BCUT2D eigenvalue weighted by atomic mass is 10.0. The number of methoxy groups -OCH3 is 1. The number of urea groups is 1. The SMILES string of the molecule is CCN(C(=O)Nc1ccccc1OC)C1CCCC1CN. The number of nitrogens with one attached hydrogen (secondary N) is 1. The molecule has 0 bridgehead atoms. The molecule has 0 aromatic heterocycles. The second-order valence-electron chi connectivity index (χ2n) is 5.41. The van der Waals surface area contributed by atoms with Crippen molar-refractivity contribution in [3.05, 3.63) is 24.3 Å². The minimum atomic E-state index is -0.0765. The Labute approximate surface area is 126 Å². The molecule has 1 fully saturated rings. The molecular formula is C16H25N3O2. The fraction of sp³-hybridized carbons (Fsp3) is 0.562. The first kappa shape index (κ1) is 15.6. The maximum Gasteiger partial charge on any atom is 0.322 e. The first-order valence-corrected chi connectivity index (χ1v) is 7.62. The van der Waals surface area contributed by atoms with Crippen LogP contribution in [0.3, 0.4) is 0 Å². The van der Waals surface area contributed by atoms with Crippen molar-refractivity contribution in [1.82, 2.24) is 4.90 Å². The van der Waals surface area contributed by atoms with E-state index in [4.69, 9.17) is 10.5 Å². The molecule has 0 radical (unpaired) electrons. The summed E-state index contributed by atoms with van der Waals surface area (Å²) < 4.78 is 5.27. The summed E-state index contributed by atoms with van der Waals surface area (Å²) in [6.07, 6.45) is 3.29. The Kier molecular flexibility index (Phi) is 5.44. The van der Waals surface area contributed by atoms with E-state index in [1.165, 1.54) is 0 Å². The van der Waals surface area contributed by atoms with E-state index in [9.17, 15) is 4.79 Å². The molecule has 0 saturated heterocycles. The van der Waals surface area contributed by atoms with Crippen molar-refractivity contribution in [2.24, 2.45) is 11.7 Å². The number of nitrogens with two attached hydrogens (primary N) is 1. The summed E-state index contributed by atoms with van der Waals surface area (Å²) in [4.78, 5) is 14.5. The van der Waals surface area contributed by atoms with Gasteiger partial charge in [0.1, 0.15) is 5.75 Å². The predicted octanol–water partition coefficient (Wildman–Crippen LogP) is 2.68. The van der Waals surface area contributed by atoms with Crippen LogP contribution in [0.4, 0.5) is 10.5 Å². The van der Waals surface area contributed by atoms with Crippen LogP contribution in [0, 0.1) is 5.92 Å². The molecule has 3 N–H and O–H groups in total. The summed E-state index contributed by atoms with van der Waals surface area (Å²) in [7, 11) is 1.60. The number of anilines is 1. The van der Waals surface area contributed by atoms with Gasteiger partial charge < -0.3 is 20.7 Å². The summed E-state index contributed by atoms with van der Waals surface area (Å²) in [5, 5.41) is 2.96. The number of para-hydroxylation sites is 2. The van der Waals surface area contributed by atoms with Gasteiger partial charge in [0.2, 0.25) is 0 Å². The zero-order valence-electron chi connectivity index (χ0n) is 12.8. The molecule has 1 aliphatic carbocycles. The Bertz CT molecular complexity index is 478. The lowest BCUT2D eigenvalue weighted by Gasteiger charge is -2.32. The zero-order valence-corrected chi connectivity index (χ0v) is 12.8. The molecule has 2 amide bonds. The van der Waals surface area contributed by atoms with E-state index in [0.29, 0.717) is 30.4 Å². The highest BCUT2D eigenvalue weighted by molar-refractivity contribution is 5.91. The van der Waals surface area contributed by atoms with Gasteiger partial charge in [-0.05, 0) is 44.4 Å². The normalized spacial score (nSPS) is 21.1. The van der Waals surface area contributed by atoms with Crippen molar-refractivity contribution in [3.63, 3.8) is 0 Å². The Morgan fingerprint density at radius 2 is 2.19 bits per heavy atom. The van der Waals surface area contributed by atoms with Crippen LogP contribution < -0.4 is 15.8 Å². The largest absolute Gasteiger partial charge is 0.495 e. The van der Waals surface area contributed by atoms with E-state index in [1.807, 2.05) is 36.1 Å². The molecular weight excluding hydrogens is 266 g/mol. The predicted molar refractivity (Wildman–Crippen MR) is 84.6 cm³/mol. The van der Waals surface area contributed by atoms with Crippen LogP contribution in [0.2, 0.25) is 0 Å². The third-order valence-corrected chi connectivity index (χ3v) is 4.27. The van der Waals surface area contributed by atoms with E-state index in [-0.39, 0.29) is 12.1 Å². The highest BCUT2D eigenvalue weighted by Crippen LogP contribution is 2.30. The van der Waals surface area contributed by atoms with Crippen molar-refractivity contribution in [1.29, 1.82) is 0 Å². The zero-order chi connectivity index (χ0) is 15.2. The topological polar surface area (TPSA) is 67.6 Å². The highest BCUT2D eigenvalue weighted by atomic mass is 16.5. The molecule has 1 aliphatic rings. The minimum absolute atomic E-state index is 0.0765. The maximum atomic E-state index is 12.6. The molecule has 2 atom stereocenters. The van der Waals surface area contributed by atoms with Crippen molar-refractivity contribution < 1.29 is 9.53 Å². The molecule has 116 valence electrons. The van der Waals surface area contributed by atoms with Gasteiger partial charge in [-0.3, -0.25) is 0 Å². The Balaban J connectivity index is 2.10. The summed E-state index contributed by atoms with van der Waals surface area (Å²) in [5.74, 6) is 1.08. The molecule has 5 nitrogen and oxygen atoms in total.